The number of H-pyrrole nitrogens is 1. The van der Waals surface area contributed by atoms with E-state index in [4.69, 9.17) is 0 Å². The monoisotopic (exact) mass is 178 g/mol. The lowest BCUT2D eigenvalue weighted by Crippen LogP contribution is -2.00. The lowest BCUT2D eigenvalue weighted by molar-refractivity contribution is 0.774. The highest BCUT2D eigenvalue weighted by Gasteiger charge is 2.02. The summed E-state index contributed by atoms with van der Waals surface area (Å²) >= 11 is 0. The van der Waals surface area contributed by atoms with E-state index in [2.05, 4.69) is 25.6 Å². The SMILES string of the molecule is Cc1cc(Nc2ncnn2C)n[nH]1. The molecule has 0 fully saturated rings. The van der Waals surface area contributed by atoms with Crippen molar-refractivity contribution >= 4 is 11.8 Å². The number of nitrogens with zero attached hydrogens (tertiary/aromatic N) is 4. The van der Waals surface area contributed by atoms with Crippen LogP contribution in [0.1, 0.15) is 5.69 Å². The van der Waals surface area contributed by atoms with Gasteiger partial charge in [0.25, 0.3) is 0 Å². The molecule has 0 spiro atoms. The van der Waals surface area contributed by atoms with Gasteiger partial charge in [0.15, 0.2) is 5.82 Å². The Hall–Kier alpha value is -1.85. The van der Waals surface area contributed by atoms with E-state index in [1.165, 1.54) is 6.33 Å². The normalized spacial score (nSPS) is 10.3. The predicted molar refractivity (Wildman–Crippen MR) is 47.6 cm³/mol. The summed E-state index contributed by atoms with van der Waals surface area (Å²) in [5.41, 5.74) is 1.00. The maximum absolute atomic E-state index is 4.01. The summed E-state index contributed by atoms with van der Waals surface area (Å²) < 4.78 is 1.64. The van der Waals surface area contributed by atoms with Gasteiger partial charge in [0.1, 0.15) is 6.33 Å². The highest BCUT2D eigenvalue weighted by molar-refractivity contribution is 5.47. The van der Waals surface area contributed by atoms with E-state index >= 15 is 0 Å². The van der Waals surface area contributed by atoms with Crippen LogP contribution in [0, 0.1) is 6.92 Å². The van der Waals surface area contributed by atoms with E-state index in [0.717, 1.165) is 11.5 Å². The molecule has 6 heteroatoms. The number of hydrogen-bond acceptors (Lipinski definition) is 4. The zero-order valence-electron chi connectivity index (χ0n) is 7.44. The second-order valence-electron chi connectivity index (χ2n) is 2.77. The Labute approximate surface area is 75.0 Å². The molecule has 0 bridgehead atoms. The lowest BCUT2D eigenvalue weighted by atomic mass is 10.5. The minimum absolute atomic E-state index is 0.673. The van der Waals surface area contributed by atoms with Gasteiger partial charge in [-0.3, -0.25) is 5.10 Å². The van der Waals surface area contributed by atoms with Crippen LogP contribution in [0.3, 0.4) is 0 Å². The molecule has 0 saturated heterocycles. The average Bonchev–Trinajstić information content (AvgIpc) is 2.64. The summed E-state index contributed by atoms with van der Waals surface area (Å²) in [5.74, 6) is 1.42. The minimum atomic E-state index is 0.673. The van der Waals surface area contributed by atoms with E-state index in [1.54, 1.807) is 4.68 Å². The highest BCUT2D eigenvalue weighted by Crippen LogP contribution is 2.10. The van der Waals surface area contributed by atoms with Gasteiger partial charge in [-0.1, -0.05) is 0 Å². The van der Waals surface area contributed by atoms with Crippen LogP contribution in [0.15, 0.2) is 12.4 Å². The van der Waals surface area contributed by atoms with Crippen LogP contribution < -0.4 is 5.32 Å². The molecular formula is C7H10N6. The predicted octanol–water partition coefficient (Wildman–Crippen LogP) is 0.590. The second kappa shape index (κ2) is 2.89. The summed E-state index contributed by atoms with van der Waals surface area (Å²) in [4.78, 5) is 4.01. The maximum Gasteiger partial charge on any atom is 0.226 e. The summed E-state index contributed by atoms with van der Waals surface area (Å²) in [7, 11) is 1.81. The number of hydrogen-bond donors (Lipinski definition) is 2. The first-order valence-corrected chi connectivity index (χ1v) is 3.89. The van der Waals surface area contributed by atoms with Crippen LogP contribution in [0.25, 0.3) is 0 Å². The van der Waals surface area contributed by atoms with Crippen molar-refractivity contribution in [3.63, 3.8) is 0 Å². The Morgan fingerprint density at radius 2 is 2.38 bits per heavy atom. The zero-order chi connectivity index (χ0) is 9.26. The number of rotatable bonds is 2. The molecule has 0 atom stereocenters. The highest BCUT2D eigenvalue weighted by atomic mass is 15.4. The third kappa shape index (κ3) is 1.51. The number of anilines is 2. The molecule has 0 aliphatic carbocycles. The van der Waals surface area contributed by atoms with Crippen molar-refractivity contribution in [3.05, 3.63) is 18.1 Å². The van der Waals surface area contributed by atoms with Gasteiger partial charge in [-0.05, 0) is 6.92 Å². The fourth-order valence-electron chi connectivity index (χ4n) is 1.01. The molecule has 0 amide bonds. The van der Waals surface area contributed by atoms with Crippen molar-refractivity contribution < 1.29 is 0 Å². The van der Waals surface area contributed by atoms with Crippen LogP contribution in [-0.2, 0) is 7.05 Å². The lowest BCUT2D eigenvalue weighted by Gasteiger charge is -1.98. The first-order valence-electron chi connectivity index (χ1n) is 3.89. The van der Waals surface area contributed by atoms with E-state index < -0.39 is 0 Å². The summed E-state index contributed by atoms with van der Waals surface area (Å²) in [6.45, 7) is 1.94. The zero-order valence-corrected chi connectivity index (χ0v) is 7.44. The Morgan fingerprint density at radius 1 is 1.54 bits per heavy atom. The number of nitrogens with one attached hydrogen (secondary N) is 2. The molecule has 0 unspecified atom stereocenters. The van der Waals surface area contributed by atoms with Crippen molar-refractivity contribution in [2.45, 2.75) is 6.92 Å². The fraction of sp³-hybridized carbons (Fsp3) is 0.286. The Kier molecular flexibility index (Phi) is 1.73. The summed E-state index contributed by atoms with van der Waals surface area (Å²) in [6, 6.07) is 1.90. The third-order valence-corrected chi connectivity index (χ3v) is 1.66. The smallest absolute Gasteiger partial charge is 0.226 e. The first kappa shape index (κ1) is 7.78. The van der Waals surface area contributed by atoms with Crippen molar-refractivity contribution in [2.75, 3.05) is 5.32 Å². The molecule has 0 aromatic carbocycles. The second-order valence-corrected chi connectivity index (χ2v) is 2.77. The molecule has 2 aromatic rings. The van der Waals surface area contributed by atoms with Crippen molar-refractivity contribution in [3.8, 4) is 0 Å². The van der Waals surface area contributed by atoms with Gasteiger partial charge in [0, 0.05) is 18.8 Å². The van der Waals surface area contributed by atoms with Gasteiger partial charge in [0.2, 0.25) is 5.95 Å². The molecule has 2 heterocycles. The van der Waals surface area contributed by atoms with E-state index in [-0.39, 0.29) is 0 Å². The molecule has 0 aliphatic heterocycles. The Balaban J connectivity index is 2.19. The molecule has 68 valence electrons. The van der Waals surface area contributed by atoms with Crippen molar-refractivity contribution in [1.82, 2.24) is 25.0 Å². The van der Waals surface area contributed by atoms with E-state index in [9.17, 15) is 0 Å². The van der Waals surface area contributed by atoms with Crippen LogP contribution in [0.5, 0.6) is 0 Å². The topological polar surface area (TPSA) is 71.4 Å². The standard InChI is InChI=1S/C7H10N6/c1-5-3-6(12-11-5)10-7-8-4-9-13(7)2/h3-4H,1-2H3,(H2,8,9,10,11,12). The van der Waals surface area contributed by atoms with E-state index in [1.807, 2.05) is 20.0 Å². The molecule has 2 rings (SSSR count). The van der Waals surface area contributed by atoms with Gasteiger partial charge >= 0.3 is 0 Å². The molecule has 0 radical (unpaired) electrons. The molecular weight excluding hydrogens is 168 g/mol. The van der Waals surface area contributed by atoms with Gasteiger partial charge in [-0.15, -0.1) is 0 Å². The van der Waals surface area contributed by atoms with Gasteiger partial charge in [-0.25, -0.2) is 4.68 Å². The summed E-state index contributed by atoms with van der Waals surface area (Å²) in [5, 5.41) is 13.8. The molecule has 6 nitrogen and oxygen atoms in total. The van der Waals surface area contributed by atoms with Crippen molar-refractivity contribution in [2.24, 2.45) is 7.05 Å². The third-order valence-electron chi connectivity index (χ3n) is 1.66. The quantitative estimate of drug-likeness (QED) is 0.706. The van der Waals surface area contributed by atoms with Crippen LogP contribution >= 0.6 is 0 Å². The minimum Gasteiger partial charge on any atom is -0.307 e. The van der Waals surface area contributed by atoms with Gasteiger partial charge in [-0.2, -0.15) is 15.2 Å². The molecule has 2 aromatic heterocycles. The number of aromatic amines is 1. The number of aromatic nitrogens is 5. The molecule has 0 saturated carbocycles. The van der Waals surface area contributed by atoms with E-state index in [0.29, 0.717) is 5.95 Å². The van der Waals surface area contributed by atoms with Gasteiger partial charge < -0.3 is 5.32 Å². The first-order chi connectivity index (χ1) is 6.25. The maximum atomic E-state index is 4.01. The largest absolute Gasteiger partial charge is 0.307 e. The van der Waals surface area contributed by atoms with Crippen LogP contribution in [0.4, 0.5) is 11.8 Å². The Bertz CT molecular complexity index is 401. The molecule has 0 aliphatic rings. The number of aryl methyl sites for hydroxylation is 2. The molecule has 2 N–H and O–H groups in total. The van der Waals surface area contributed by atoms with Gasteiger partial charge in [0.05, 0.1) is 0 Å². The summed E-state index contributed by atoms with van der Waals surface area (Å²) in [6.07, 6.45) is 1.49. The van der Waals surface area contributed by atoms with Crippen LogP contribution in [0.2, 0.25) is 0 Å². The fourth-order valence-corrected chi connectivity index (χ4v) is 1.01. The molecule has 13 heavy (non-hydrogen) atoms. The van der Waals surface area contributed by atoms with Crippen molar-refractivity contribution in [1.29, 1.82) is 0 Å². The Morgan fingerprint density at radius 3 is 2.92 bits per heavy atom. The average molecular weight is 178 g/mol. The van der Waals surface area contributed by atoms with Crippen LogP contribution in [-0.4, -0.2) is 25.0 Å².